The van der Waals surface area contributed by atoms with Gasteiger partial charge < -0.3 is 10.2 Å². The van der Waals surface area contributed by atoms with Crippen LogP contribution >= 0.6 is 15.9 Å². The van der Waals surface area contributed by atoms with Crippen molar-refractivity contribution in [2.24, 2.45) is 11.8 Å². The Hall–Kier alpha value is -4.31. The number of nitrogens with one attached hydrogen (secondary N) is 1. The molecule has 3 aromatic rings. The van der Waals surface area contributed by atoms with E-state index < -0.39 is 40.7 Å². The summed E-state index contributed by atoms with van der Waals surface area (Å²) in [4.78, 5) is 54.9. The Kier molecular flexibility index (Phi) is 5.41. The molecule has 0 bridgehead atoms. The largest absolute Gasteiger partial charge is 0.351 e. The van der Waals surface area contributed by atoms with Gasteiger partial charge in [0.25, 0.3) is 5.69 Å². The molecule has 6 rings (SSSR count). The third-order valence-electron chi connectivity index (χ3n) is 7.10. The molecule has 0 aliphatic carbocycles. The molecule has 3 aliphatic heterocycles. The van der Waals surface area contributed by atoms with Crippen LogP contribution in [-0.2, 0) is 14.4 Å². The highest BCUT2D eigenvalue weighted by Gasteiger charge is 2.64. The van der Waals surface area contributed by atoms with Crippen molar-refractivity contribution in [2.75, 3.05) is 15.1 Å². The molecule has 2 fully saturated rings. The van der Waals surface area contributed by atoms with Gasteiger partial charge in [-0.3, -0.25) is 24.5 Å². The summed E-state index contributed by atoms with van der Waals surface area (Å²) in [6.07, 6.45) is 3.80. The summed E-state index contributed by atoms with van der Waals surface area (Å²) in [7, 11) is 0. The fourth-order valence-corrected chi connectivity index (χ4v) is 5.95. The second kappa shape index (κ2) is 8.67. The van der Waals surface area contributed by atoms with Gasteiger partial charge in [0.2, 0.25) is 17.7 Å². The zero-order valence-electron chi connectivity index (χ0n) is 19.2. The summed E-state index contributed by atoms with van der Waals surface area (Å²) in [6, 6.07) is 18.5. The maximum absolute atomic E-state index is 13.8. The number of benzene rings is 3. The van der Waals surface area contributed by atoms with Crippen LogP contribution in [0.25, 0.3) is 6.08 Å². The number of imide groups is 1. The number of anilines is 3. The molecular weight excluding hydrogens is 540 g/mol. The fraction of sp³-hybridized carbons (Fsp3) is 0.148. The molecule has 37 heavy (non-hydrogen) atoms. The third kappa shape index (κ3) is 3.63. The lowest BCUT2D eigenvalue weighted by Gasteiger charge is -2.36. The van der Waals surface area contributed by atoms with Gasteiger partial charge in [-0.1, -0.05) is 52.3 Å². The molecule has 0 unspecified atom stereocenters. The number of halogens is 1. The summed E-state index contributed by atoms with van der Waals surface area (Å²) >= 11 is 3.40. The number of carbonyl (C=O) groups is 3. The van der Waals surface area contributed by atoms with E-state index >= 15 is 0 Å². The summed E-state index contributed by atoms with van der Waals surface area (Å²) in [5.41, 5.74) is 2.35. The topological polar surface area (TPSA) is 113 Å². The van der Waals surface area contributed by atoms with Gasteiger partial charge >= 0.3 is 0 Å². The zero-order chi connectivity index (χ0) is 25.8. The highest BCUT2D eigenvalue weighted by Crippen LogP contribution is 2.49. The van der Waals surface area contributed by atoms with Gasteiger partial charge in [-0.25, -0.2) is 4.90 Å². The van der Waals surface area contributed by atoms with E-state index in [1.54, 1.807) is 24.3 Å². The highest BCUT2D eigenvalue weighted by atomic mass is 79.9. The predicted octanol–water partition coefficient (Wildman–Crippen LogP) is 4.39. The monoisotopic (exact) mass is 558 g/mol. The number of nitro benzene ring substituents is 1. The molecule has 3 aliphatic rings. The lowest BCUT2D eigenvalue weighted by Crippen LogP contribution is -2.50. The highest BCUT2D eigenvalue weighted by molar-refractivity contribution is 9.10. The number of rotatable bonds is 4. The van der Waals surface area contributed by atoms with Crippen molar-refractivity contribution in [2.45, 2.75) is 12.1 Å². The summed E-state index contributed by atoms with van der Waals surface area (Å²) in [6.45, 7) is 0. The van der Waals surface area contributed by atoms with Crippen LogP contribution in [0.3, 0.4) is 0 Å². The summed E-state index contributed by atoms with van der Waals surface area (Å²) in [5.74, 6) is -2.90. The molecule has 4 atom stereocenters. The quantitative estimate of drug-likeness (QED) is 0.288. The molecule has 3 amide bonds. The van der Waals surface area contributed by atoms with Crippen molar-refractivity contribution in [3.05, 3.63) is 99.0 Å². The number of nitrogens with zero attached hydrogens (tertiary/aromatic N) is 3. The molecule has 9 nitrogen and oxygen atoms in total. The number of hydrogen-bond acceptors (Lipinski definition) is 6. The molecule has 3 aromatic carbocycles. The van der Waals surface area contributed by atoms with Crippen LogP contribution < -0.4 is 15.1 Å². The fourth-order valence-electron chi connectivity index (χ4n) is 5.57. The number of non-ortho nitro benzene ring substituents is 1. The maximum atomic E-state index is 13.8. The van der Waals surface area contributed by atoms with E-state index in [1.165, 1.54) is 29.2 Å². The Morgan fingerprint density at radius 2 is 1.68 bits per heavy atom. The Bertz CT molecular complexity index is 1500. The number of para-hydroxylation sites is 1. The van der Waals surface area contributed by atoms with Gasteiger partial charge in [-0.15, -0.1) is 0 Å². The Labute approximate surface area is 219 Å². The number of nitro groups is 1. The Morgan fingerprint density at radius 1 is 0.946 bits per heavy atom. The lowest BCUT2D eigenvalue weighted by molar-refractivity contribution is -0.384. The van der Waals surface area contributed by atoms with Crippen molar-refractivity contribution in [3.8, 4) is 0 Å². The zero-order valence-corrected chi connectivity index (χ0v) is 20.7. The molecule has 0 aromatic heterocycles. The summed E-state index contributed by atoms with van der Waals surface area (Å²) in [5, 5.41) is 13.8. The van der Waals surface area contributed by atoms with Crippen LogP contribution in [0.4, 0.5) is 22.7 Å². The van der Waals surface area contributed by atoms with E-state index in [1.807, 2.05) is 41.3 Å². The second-order valence-corrected chi connectivity index (χ2v) is 10.0. The lowest BCUT2D eigenvalue weighted by atomic mass is 9.88. The van der Waals surface area contributed by atoms with Crippen LogP contribution in [-0.4, -0.2) is 34.7 Å². The van der Waals surface area contributed by atoms with Crippen molar-refractivity contribution in [1.29, 1.82) is 0 Å². The Balaban J connectivity index is 1.41. The van der Waals surface area contributed by atoms with Gasteiger partial charge in [0, 0.05) is 28.0 Å². The Morgan fingerprint density at radius 3 is 2.41 bits per heavy atom. The standard InChI is InChI=1S/C27H19BrN4O5/c28-16-5-3-6-19(14-16)30-26(34)22-21-13-8-15-4-1-2-7-20(15)31(21)24(23(22)27(30)35)25(33)29-17-9-11-18(12-10-17)32(36)37/h1-14,21-24H,(H,29,33)/t21-,22-,23+,24-/m0/s1. The van der Waals surface area contributed by atoms with E-state index in [2.05, 4.69) is 21.2 Å². The molecule has 2 saturated heterocycles. The first-order chi connectivity index (χ1) is 17.8. The summed E-state index contributed by atoms with van der Waals surface area (Å²) < 4.78 is 0.725. The predicted molar refractivity (Wildman–Crippen MR) is 141 cm³/mol. The van der Waals surface area contributed by atoms with Crippen LogP contribution in [0, 0.1) is 22.0 Å². The van der Waals surface area contributed by atoms with Crippen LogP contribution in [0.2, 0.25) is 0 Å². The van der Waals surface area contributed by atoms with Crippen molar-refractivity contribution < 1.29 is 19.3 Å². The number of amides is 3. The first-order valence-corrected chi connectivity index (χ1v) is 12.4. The van der Waals surface area contributed by atoms with E-state index in [9.17, 15) is 24.5 Å². The minimum atomic E-state index is -0.968. The van der Waals surface area contributed by atoms with Gasteiger partial charge in [0.05, 0.1) is 28.5 Å². The molecule has 1 N–H and O–H groups in total. The molecule has 10 heteroatoms. The first-order valence-electron chi connectivity index (χ1n) is 11.6. The number of carbonyl (C=O) groups excluding carboxylic acids is 3. The van der Waals surface area contributed by atoms with Crippen molar-refractivity contribution >= 4 is 62.5 Å². The average Bonchev–Trinajstić information content (AvgIpc) is 3.37. The van der Waals surface area contributed by atoms with Crippen LogP contribution in [0.15, 0.2) is 83.3 Å². The van der Waals surface area contributed by atoms with Gasteiger partial charge in [0.1, 0.15) is 6.04 Å². The normalized spacial score (nSPS) is 23.5. The van der Waals surface area contributed by atoms with E-state index in [0.29, 0.717) is 11.4 Å². The molecule has 0 spiro atoms. The smallest absolute Gasteiger partial charge is 0.269 e. The SMILES string of the molecule is O=C(Nc1ccc([N+](=O)[O-])cc1)[C@@H]1[C@@H]2C(=O)N(c3cccc(Br)c3)C(=O)[C@H]2[C@@H]2C=Cc3ccccc3N12. The third-order valence-corrected chi connectivity index (χ3v) is 7.59. The molecule has 0 radical (unpaired) electrons. The minimum Gasteiger partial charge on any atom is -0.351 e. The van der Waals surface area contributed by atoms with Gasteiger partial charge in [0.15, 0.2) is 0 Å². The molecule has 184 valence electrons. The van der Waals surface area contributed by atoms with E-state index in [-0.39, 0.29) is 11.6 Å². The number of hydrogen-bond donors (Lipinski definition) is 1. The van der Waals surface area contributed by atoms with E-state index in [0.717, 1.165) is 15.7 Å². The van der Waals surface area contributed by atoms with E-state index in [4.69, 9.17) is 0 Å². The van der Waals surface area contributed by atoms with Crippen LogP contribution in [0.1, 0.15) is 5.56 Å². The van der Waals surface area contributed by atoms with Crippen LogP contribution in [0.5, 0.6) is 0 Å². The molecule has 0 saturated carbocycles. The van der Waals surface area contributed by atoms with Gasteiger partial charge in [-0.2, -0.15) is 0 Å². The second-order valence-electron chi connectivity index (χ2n) is 9.10. The van der Waals surface area contributed by atoms with Gasteiger partial charge in [-0.05, 0) is 42.0 Å². The molecule has 3 heterocycles. The first kappa shape index (κ1) is 23.1. The average molecular weight is 559 g/mol. The molecular formula is C27H19BrN4O5. The number of fused-ring (bicyclic) bond motifs is 5. The maximum Gasteiger partial charge on any atom is 0.269 e. The van der Waals surface area contributed by atoms with Crippen molar-refractivity contribution in [1.82, 2.24) is 0 Å². The minimum absolute atomic E-state index is 0.102. The van der Waals surface area contributed by atoms with Crippen molar-refractivity contribution in [3.63, 3.8) is 0 Å².